The van der Waals surface area contributed by atoms with Crippen LogP contribution >= 0.6 is 31.9 Å². The summed E-state index contributed by atoms with van der Waals surface area (Å²) >= 11 is 7.21. The van der Waals surface area contributed by atoms with Crippen LogP contribution in [-0.2, 0) is 24.2 Å². The normalized spacial score (nSPS) is 11.5. The predicted molar refractivity (Wildman–Crippen MR) is 85.9 cm³/mol. The van der Waals surface area contributed by atoms with E-state index in [0.717, 1.165) is 54.7 Å². The van der Waals surface area contributed by atoms with Crippen LogP contribution < -0.4 is 0 Å². The van der Waals surface area contributed by atoms with Gasteiger partial charge in [0.1, 0.15) is 0 Å². The van der Waals surface area contributed by atoms with Crippen LogP contribution in [0.3, 0.4) is 0 Å². The first-order valence-electron chi connectivity index (χ1n) is 6.69. The highest BCUT2D eigenvalue weighted by Gasteiger charge is 2.16. The van der Waals surface area contributed by atoms with Crippen LogP contribution in [0.15, 0.2) is 4.47 Å². The smallest absolute Gasteiger partial charge is 0.0767 e. The summed E-state index contributed by atoms with van der Waals surface area (Å²) in [6.07, 6.45) is 0.955. The Hall–Kier alpha value is 0.0900. The number of methoxy groups -OCH3 is 1. The number of nitrogens with zero attached hydrogens (tertiary/aromatic N) is 3. The molecule has 0 aliphatic carbocycles. The third-order valence-electron chi connectivity index (χ3n) is 3.08. The predicted octanol–water partition coefficient (Wildman–Crippen LogP) is 3.07. The second-order valence-corrected chi connectivity index (χ2v) is 5.92. The molecular weight excluding hydrogens is 374 g/mol. The average Bonchev–Trinajstić information content (AvgIpc) is 2.72. The molecule has 0 amide bonds. The van der Waals surface area contributed by atoms with Gasteiger partial charge >= 0.3 is 0 Å². The number of ether oxygens (including phenoxy) is 1. The Balaban J connectivity index is 2.84. The van der Waals surface area contributed by atoms with Crippen molar-refractivity contribution < 1.29 is 4.74 Å². The van der Waals surface area contributed by atoms with Crippen molar-refractivity contribution in [2.75, 3.05) is 32.1 Å². The minimum Gasteiger partial charge on any atom is -0.383 e. The molecule has 0 aliphatic rings. The molecule has 0 unspecified atom stereocenters. The molecule has 0 saturated carbocycles. The lowest BCUT2D eigenvalue weighted by atomic mass is 10.3. The molecule has 1 rings (SSSR count). The molecule has 0 saturated heterocycles. The van der Waals surface area contributed by atoms with Gasteiger partial charge in [-0.15, -0.1) is 0 Å². The van der Waals surface area contributed by atoms with E-state index in [1.165, 1.54) is 5.69 Å². The van der Waals surface area contributed by atoms with Crippen LogP contribution in [0.25, 0.3) is 0 Å². The number of halogens is 2. The van der Waals surface area contributed by atoms with Gasteiger partial charge in [-0.3, -0.25) is 9.58 Å². The Labute approximate surface area is 132 Å². The summed E-state index contributed by atoms with van der Waals surface area (Å²) < 4.78 is 8.43. The molecule has 0 spiro atoms. The van der Waals surface area contributed by atoms with Gasteiger partial charge in [-0.05, 0) is 29.3 Å². The van der Waals surface area contributed by atoms with E-state index in [1.54, 1.807) is 7.11 Å². The summed E-state index contributed by atoms with van der Waals surface area (Å²) in [4.78, 5) is 2.38. The lowest BCUT2D eigenvalue weighted by molar-refractivity contribution is 0.146. The van der Waals surface area contributed by atoms with E-state index < -0.39 is 0 Å². The molecule has 110 valence electrons. The molecule has 0 fully saturated rings. The molecule has 4 nitrogen and oxygen atoms in total. The van der Waals surface area contributed by atoms with Gasteiger partial charge in [0.15, 0.2) is 0 Å². The molecule has 0 aliphatic heterocycles. The number of hydrogen-bond donors (Lipinski definition) is 0. The maximum atomic E-state index is 5.18. The van der Waals surface area contributed by atoms with Crippen LogP contribution in [0.1, 0.15) is 25.2 Å². The van der Waals surface area contributed by atoms with Crippen LogP contribution in [0, 0.1) is 0 Å². The summed E-state index contributed by atoms with van der Waals surface area (Å²) in [6, 6.07) is 0. The fraction of sp³-hybridized carbons (Fsp3) is 0.769. The topological polar surface area (TPSA) is 30.3 Å². The molecule has 1 aromatic rings. The third-order valence-corrected chi connectivity index (χ3v) is 4.35. The summed E-state index contributed by atoms with van der Waals surface area (Å²) in [5.74, 6) is 0. The summed E-state index contributed by atoms with van der Waals surface area (Å²) in [7, 11) is 1.74. The van der Waals surface area contributed by atoms with Gasteiger partial charge in [-0.2, -0.15) is 5.10 Å². The summed E-state index contributed by atoms with van der Waals surface area (Å²) in [6.45, 7) is 8.77. The van der Waals surface area contributed by atoms with E-state index >= 15 is 0 Å². The number of rotatable bonds is 9. The molecule has 1 heterocycles. The van der Waals surface area contributed by atoms with Crippen LogP contribution in [0.4, 0.5) is 0 Å². The van der Waals surface area contributed by atoms with Crippen LogP contribution in [0.2, 0.25) is 0 Å². The van der Waals surface area contributed by atoms with E-state index in [0.29, 0.717) is 0 Å². The summed E-state index contributed by atoms with van der Waals surface area (Å²) in [5, 5.41) is 5.61. The standard InChI is InChI=1S/C13H23Br2N3O/c1-4-11-13(15)12(18(5-2)16-11)10-17(7-6-14)8-9-19-3/h4-10H2,1-3H3. The fourth-order valence-electron chi connectivity index (χ4n) is 1.99. The largest absolute Gasteiger partial charge is 0.383 e. The van der Waals surface area contributed by atoms with Gasteiger partial charge in [-0.1, -0.05) is 22.9 Å². The molecule has 0 atom stereocenters. The first kappa shape index (κ1) is 17.1. The van der Waals surface area contributed by atoms with Crippen molar-refractivity contribution in [3.05, 3.63) is 15.9 Å². The van der Waals surface area contributed by atoms with E-state index in [1.807, 2.05) is 0 Å². The zero-order chi connectivity index (χ0) is 14.3. The van der Waals surface area contributed by atoms with Gasteiger partial charge in [0.05, 0.1) is 22.5 Å². The van der Waals surface area contributed by atoms with Crippen molar-refractivity contribution in [1.82, 2.24) is 14.7 Å². The Morgan fingerprint density at radius 1 is 1.32 bits per heavy atom. The molecule has 1 aromatic heterocycles. The zero-order valence-corrected chi connectivity index (χ0v) is 15.1. The van der Waals surface area contributed by atoms with Crippen molar-refractivity contribution >= 4 is 31.9 Å². The highest BCUT2D eigenvalue weighted by molar-refractivity contribution is 9.10. The lowest BCUT2D eigenvalue weighted by Crippen LogP contribution is -2.30. The first-order chi connectivity index (χ1) is 9.17. The number of alkyl halides is 1. The minimum absolute atomic E-state index is 0.755. The van der Waals surface area contributed by atoms with Crippen LogP contribution in [-0.4, -0.2) is 46.8 Å². The quantitative estimate of drug-likeness (QED) is 0.601. The Morgan fingerprint density at radius 2 is 2.05 bits per heavy atom. The Bertz CT molecular complexity index is 382. The average molecular weight is 397 g/mol. The number of aromatic nitrogens is 2. The van der Waals surface area contributed by atoms with Crippen molar-refractivity contribution in [1.29, 1.82) is 0 Å². The maximum absolute atomic E-state index is 5.18. The maximum Gasteiger partial charge on any atom is 0.0767 e. The molecular formula is C13H23Br2N3O. The van der Waals surface area contributed by atoms with Gasteiger partial charge in [0, 0.05) is 38.6 Å². The second kappa shape index (κ2) is 9.10. The van der Waals surface area contributed by atoms with E-state index in [2.05, 4.69) is 60.4 Å². The van der Waals surface area contributed by atoms with E-state index in [-0.39, 0.29) is 0 Å². The molecule has 0 aromatic carbocycles. The van der Waals surface area contributed by atoms with Gasteiger partial charge in [0.2, 0.25) is 0 Å². The molecule has 19 heavy (non-hydrogen) atoms. The monoisotopic (exact) mass is 395 g/mol. The first-order valence-corrected chi connectivity index (χ1v) is 8.60. The minimum atomic E-state index is 0.755. The molecule has 0 bridgehead atoms. The Kier molecular flexibility index (Phi) is 8.21. The highest BCUT2D eigenvalue weighted by Crippen LogP contribution is 2.23. The SMILES string of the molecule is CCc1nn(CC)c(CN(CCBr)CCOC)c1Br. The Morgan fingerprint density at radius 3 is 2.58 bits per heavy atom. The zero-order valence-electron chi connectivity index (χ0n) is 12.0. The number of aryl methyl sites for hydroxylation is 2. The molecule has 0 radical (unpaired) electrons. The fourth-order valence-corrected chi connectivity index (χ4v) is 3.18. The number of hydrogen-bond acceptors (Lipinski definition) is 3. The lowest BCUT2D eigenvalue weighted by Gasteiger charge is -2.21. The van der Waals surface area contributed by atoms with E-state index in [4.69, 9.17) is 4.74 Å². The summed E-state index contributed by atoms with van der Waals surface area (Å²) in [5.41, 5.74) is 2.40. The highest BCUT2D eigenvalue weighted by atomic mass is 79.9. The van der Waals surface area contributed by atoms with Crippen molar-refractivity contribution in [3.8, 4) is 0 Å². The third kappa shape index (κ3) is 4.85. The molecule has 0 N–H and O–H groups in total. The van der Waals surface area contributed by atoms with Crippen molar-refractivity contribution in [2.45, 2.75) is 33.4 Å². The van der Waals surface area contributed by atoms with Gasteiger partial charge < -0.3 is 4.74 Å². The van der Waals surface area contributed by atoms with Gasteiger partial charge in [0.25, 0.3) is 0 Å². The van der Waals surface area contributed by atoms with Crippen molar-refractivity contribution in [2.24, 2.45) is 0 Å². The molecule has 6 heteroatoms. The van der Waals surface area contributed by atoms with Gasteiger partial charge in [-0.25, -0.2) is 0 Å². The van der Waals surface area contributed by atoms with E-state index in [9.17, 15) is 0 Å². The van der Waals surface area contributed by atoms with Crippen LogP contribution in [0.5, 0.6) is 0 Å². The second-order valence-electron chi connectivity index (χ2n) is 4.33. The van der Waals surface area contributed by atoms with Crippen molar-refractivity contribution in [3.63, 3.8) is 0 Å².